The lowest BCUT2D eigenvalue weighted by Gasteiger charge is -2.40. The number of nitrogens with zero attached hydrogens (tertiary/aromatic N) is 2. The molecule has 2 fully saturated rings. The van der Waals surface area contributed by atoms with Gasteiger partial charge in [0.15, 0.2) is 0 Å². The summed E-state index contributed by atoms with van der Waals surface area (Å²) in [6, 6.07) is 10.0. The van der Waals surface area contributed by atoms with E-state index in [1.54, 1.807) is 17.3 Å². The van der Waals surface area contributed by atoms with Crippen molar-refractivity contribution < 1.29 is 9.90 Å². The number of aliphatic hydroxyl groups is 1. The van der Waals surface area contributed by atoms with Crippen molar-refractivity contribution in [3.63, 3.8) is 0 Å². The van der Waals surface area contributed by atoms with Crippen LogP contribution in [0, 0.1) is 0 Å². The maximum Gasteiger partial charge on any atom is 0.236 e. The van der Waals surface area contributed by atoms with Gasteiger partial charge in [-0.15, -0.1) is 0 Å². The number of hydrogen-bond acceptors (Lipinski definition) is 4. The molecule has 1 N–H and O–H groups in total. The van der Waals surface area contributed by atoms with Gasteiger partial charge in [0.25, 0.3) is 0 Å². The van der Waals surface area contributed by atoms with E-state index >= 15 is 0 Å². The van der Waals surface area contributed by atoms with Gasteiger partial charge in [-0.2, -0.15) is 0 Å². The van der Waals surface area contributed by atoms with E-state index in [1.807, 2.05) is 30.3 Å². The van der Waals surface area contributed by atoms with Gasteiger partial charge >= 0.3 is 0 Å². The van der Waals surface area contributed by atoms with Crippen LogP contribution in [0.1, 0.15) is 37.7 Å². The Balaban J connectivity index is 1.78. The van der Waals surface area contributed by atoms with E-state index in [-0.39, 0.29) is 11.9 Å². The molecule has 1 amide bonds. The Hall–Kier alpha value is -1.37. The number of benzene rings is 1. The van der Waals surface area contributed by atoms with Gasteiger partial charge in [0.2, 0.25) is 11.0 Å². The van der Waals surface area contributed by atoms with Crippen LogP contribution in [0.3, 0.4) is 0 Å². The van der Waals surface area contributed by atoms with E-state index in [1.165, 1.54) is 18.2 Å². The third kappa shape index (κ3) is 3.19. The molecule has 4 rings (SSSR count). The number of halogens is 1. The van der Waals surface area contributed by atoms with E-state index in [0.29, 0.717) is 11.3 Å². The molecule has 1 saturated carbocycles. The fourth-order valence-electron chi connectivity index (χ4n) is 4.00. The second kappa shape index (κ2) is 7.33. The van der Waals surface area contributed by atoms with Crippen molar-refractivity contribution in [1.29, 1.82) is 0 Å². The summed E-state index contributed by atoms with van der Waals surface area (Å²) < 4.78 is 1.00. The highest BCUT2D eigenvalue weighted by molar-refractivity contribution is 9.10. The number of amides is 1. The zero-order valence-electron chi connectivity index (χ0n) is 14.4. The summed E-state index contributed by atoms with van der Waals surface area (Å²) in [7, 11) is 0. The van der Waals surface area contributed by atoms with E-state index in [4.69, 9.17) is 0 Å². The van der Waals surface area contributed by atoms with Crippen LogP contribution in [0.2, 0.25) is 0 Å². The molecule has 1 atom stereocenters. The van der Waals surface area contributed by atoms with Gasteiger partial charge in [0.1, 0.15) is 0 Å². The monoisotopic (exact) mass is 432 g/mol. The van der Waals surface area contributed by atoms with Crippen molar-refractivity contribution in [3.05, 3.63) is 52.8 Å². The maximum atomic E-state index is 12.7. The fourth-order valence-corrected chi connectivity index (χ4v) is 5.44. The first-order chi connectivity index (χ1) is 12.6. The van der Waals surface area contributed by atoms with Crippen molar-refractivity contribution >= 4 is 33.6 Å². The number of pyridine rings is 1. The first kappa shape index (κ1) is 18.0. The molecule has 1 aromatic heterocycles. The SMILES string of the molecule is O=C1CSC(O)(c2cnccc2-c2ccc(Br)cc2)N1C1CCCCC1. The molecule has 2 heterocycles. The Morgan fingerprint density at radius 3 is 2.62 bits per heavy atom. The van der Waals surface area contributed by atoms with Crippen molar-refractivity contribution in [2.75, 3.05) is 5.75 Å². The second-order valence-corrected chi connectivity index (χ2v) is 8.94. The van der Waals surface area contributed by atoms with Gasteiger partial charge in [0.05, 0.1) is 5.75 Å². The minimum atomic E-state index is -1.35. The predicted octanol–water partition coefficient (Wildman–Crippen LogP) is 4.52. The standard InChI is InChI=1S/C20H21BrN2O2S/c21-15-8-6-14(7-9-15)17-10-11-22-12-18(17)20(25)23(19(24)13-26-20)16-4-2-1-3-5-16/h6-12,16,25H,1-5,13H2. The number of thioether (sulfide) groups is 1. The molecule has 2 aliphatic rings. The smallest absolute Gasteiger partial charge is 0.236 e. The molecule has 1 unspecified atom stereocenters. The van der Waals surface area contributed by atoms with Crippen molar-refractivity contribution in [3.8, 4) is 11.1 Å². The number of aromatic nitrogens is 1. The van der Waals surface area contributed by atoms with Crippen LogP contribution in [-0.2, 0) is 9.85 Å². The fraction of sp³-hybridized carbons (Fsp3) is 0.400. The normalized spacial score (nSPS) is 24.2. The molecule has 136 valence electrons. The van der Waals surface area contributed by atoms with Crippen LogP contribution in [0.25, 0.3) is 11.1 Å². The molecule has 26 heavy (non-hydrogen) atoms. The molecule has 2 aromatic rings. The number of rotatable bonds is 3. The first-order valence-electron chi connectivity index (χ1n) is 8.98. The number of carbonyl (C=O) groups excluding carboxylic acids is 1. The summed E-state index contributed by atoms with van der Waals surface area (Å²) in [5, 5.41) is 10.3. The molecule has 0 spiro atoms. The Labute approximate surface area is 166 Å². The van der Waals surface area contributed by atoms with Gasteiger partial charge in [-0.25, -0.2) is 0 Å². The minimum Gasteiger partial charge on any atom is -0.358 e. The lowest BCUT2D eigenvalue weighted by molar-refractivity contribution is -0.146. The van der Waals surface area contributed by atoms with Crippen LogP contribution in [0.5, 0.6) is 0 Å². The zero-order valence-corrected chi connectivity index (χ0v) is 16.8. The maximum absolute atomic E-state index is 12.7. The van der Waals surface area contributed by atoms with Crippen molar-refractivity contribution in [2.45, 2.75) is 43.2 Å². The first-order valence-corrected chi connectivity index (χ1v) is 10.8. The molecular weight excluding hydrogens is 412 g/mol. The van der Waals surface area contributed by atoms with Crippen LogP contribution >= 0.6 is 27.7 Å². The van der Waals surface area contributed by atoms with Crippen LogP contribution < -0.4 is 0 Å². The van der Waals surface area contributed by atoms with Crippen LogP contribution in [0.4, 0.5) is 0 Å². The minimum absolute atomic E-state index is 0.0232. The van der Waals surface area contributed by atoms with Gasteiger partial charge in [-0.05, 0) is 42.2 Å². The van der Waals surface area contributed by atoms with E-state index in [2.05, 4.69) is 20.9 Å². The number of hydrogen-bond donors (Lipinski definition) is 1. The Morgan fingerprint density at radius 2 is 1.88 bits per heavy atom. The van der Waals surface area contributed by atoms with Crippen molar-refractivity contribution in [2.24, 2.45) is 0 Å². The zero-order chi connectivity index (χ0) is 18.1. The molecule has 4 nitrogen and oxygen atoms in total. The summed E-state index contributed by atoms with van der Waals surface area (Å²) in [5.74, 6) is 0.330. The Bertz CT molecular complexity index is 808. The third-order valence-corrected chi connectivity index (χ3v) is 7.00. The largest absolute Gasteiger partial charge is 0.358 e. The number of carbonyl (C=O) groups is 1. The molecular formula is C20H21BrN2O2S. The molecule has 1 aromatic carbocycles. The highest BCUT2D eigenvalue weighted by Crippen LogP contribution is 2.48. The average molecular weight is 433 g/mol. The molecule has 6 heteroatoms. The van der Waals surface area contributed by atoms with Crippen LogP contribution in [-0.4, -0.2) is 32.7 Å². The van der Waals surface area contributed by atoms with Crippen LogP contribution in [0.15, 0.2) is 47.2 Å². The molecule has 1 aliphatic carbocycles. The quantitative estimate of drug-likeness (QED) is 0.774. The Morgan fingerprint density at radius 1 is 1.15 bits per heavy atom. The lowest BCUT2D eigenvalue weighted by atomic mass is 9.92. The predicted molar refractivity (Wildman–Crippen MR) is 107 cm³/mol. The van der Waals surface area contributed by atoms with Gasteiger partial charge in [-0.3, -0.25) is 14.7 Å². The topological polar surface area (TPSA) is 53.4 Å². The molecule has 1 saturated heterocycles. The lowest BCUT2D eigenvalue weighted by Crippen LogP contribution is -2.49. The summed E-state index contributed by atoms with van der Waals surface area (Å²) >= 11 is 4.77. The van der Waals surface area contributed by atoms with Gasteiger partial charge < -0.3 is 5.11 Å². The van der Waals surface area contributed by atoms with Crippen molar-refractivity contribution in [1.82, 2.24) is 9.88 Å². The molecule has 1 aliphatic heterocycles. The third-order valence-electron chi connectivity index (χ3n) is 5.26. The highest BCUT2D eigenvalue weighted by atomic mass is 79.9. The molecule has 0 bridgehead atoms. The second-order valence-electron chi connectivity index (χ2n) is 6.88. The van der Waals surface area contributed by atoms with Gasteiger partial charge in [-0.1, -0.05) is 59.1 Å². The highest BCUT2D eigenvalue weighted by Gasteiger charge is 2.50. The van der Waals surface area contributed by atoms with Gasteiger partial charge in [0, 0.05) is 28.5 Å². The Kier molecular flexibility index (Phi) is 5.08. The average Bonchev–Trinajstić information content (AvgIpc) is 2.99. The molecule has 0 radical (unpaired) electrons. The summed E-state index contributed by atoms with van der Waals surface area (Å²) in [6.45, 7) is 0. The van der Waals surface area contributed by atoms with E-state index in [0.717, 1.165) is 41.3 Å². The summed E-state index contributed by atoms with van der Waals surface area (Å²) in [4.78, 5) is 18.7. The summed E-state index contributed by atoms with van der Waals surface area (Å²) in [6.07, 6.45) is 8.80. The summed E-state index contributed by atoms with van der Waals surface area (Å²) in [5.41, 5.74) is 2.62. The van der Waals surface area contributed by atoms with E-state index < -0.39 is 5.06 Å². The van der Waals surface area contributed by atoms with E-state index in [9.17, 15) is 9.90 Å².